The Kier molecular flexibility index (Phi) is 4.60. The van der Waals surface area contributed by atoms with E-state index in [4.69, 9.17) is 10.00 Å². The molecule has 0 aliphatic heterocycles. The average molecular weight is 235 g/mol. The molecule has 0 radical (unpaired) electrons. The highest BCUT2D eigenvalue weighted by molar-refractivity contribution is 4.88. The highest BCUT2D eigenvalue weighted by Gasteiger charge is 2.40. The van der Waals surface area contributed by atoms with Gasteiger partial charge in [0, 0.05) is 0 Å². The van der Waals surface area contributed by atoms with Crippen molar-refractivity contribution in [1.82, 2.24) is 0 Å². The lowest BCUT2D eigenvalue weighted by atomic mass is 9.88. The molecule has 0 spiro atoms. The molecule has 5 heteroatoms. The quantitative estimate of drug-likeness (QED) is 0.752. The SMILES string of the molecule is CC1CCCC(OCC(C#N)C(F)(F)F)C1. The Labute approximate surface area is 93.4 Å². The first-order valence-corrected chi connectivity index (χ1v) is 5.51. The van der Waals surface area contributed by atoms with Crippen LogP contribution in [0, 0.1) is 23.2 Å². The van der Waals surface area contributed by atoms with Crippen LogP contribution in [0.4, 0.5) is 13.2 Å². The molecule has 0 N–H and O–H groups in total. The third kappa shape index (κ3) is 4.01. The van der Waals surface area contributed by atoms with Crippen molar-refractivity contribution in [3.63, 3.8) is 0 Å². The molecule has 0 aromatic rings. The summed E-state index contributed by atoms with van der Waals surface area (Å²) in [5.41, 5.74) is 0. The molecule has 2 nitrogen and oxygen atoms in total. The van der Waals surface area contributed by atoms with Crippen molar-refractivity contribution in [3.8, 4) is 6.07 Å². The van der Waals surface area contributed by atoms with Crippen LogP contribution in [0.25, 0.3) is 0 Å². The van der Waals surface area contributed by atoms with E-state index in [1.54, 1.807) is 0 Å². The Balaban J connectivity index is 2.36. The Morgan fingerprint density at radius 2 is 2.12 bits per heavy atom. The smallest absolute Gasteiger partial charge is 0.376 e. The van der Waals surface area contributed by atoms with Crippen molar-refractivity contribution in [2.75, 3.05) is 6.61 Å². The van der Waals surface area contributed by atoms with E-state index in [0.29, 0.717) is 5.92 Å². The van der Waals surface area contributed by atoms with Crippen LogP contribution in [0.2, 0.25) is 0 Å². The lowest BCUT2D eigenvalue weighted by molar-refractivity contribution is -0.177. The van der Waals surface area contributed by atoms with Crippen molar-refractivity contribution in [1.29, 1.82) is 5.26 Å². The number of nitriles is 1. The number of alkyl halides is 3. The molecule has 16 heavy (non-hydrogen) atoms. The van der Waals surface area contributed by atoms with E-state index in [9.17, 15) is 13.2 Å². The van der Waals surface area contributed by atoms with Gasteiger partial charge in [-0.25, -0.2) is 0 Å². The first-order valence-electron chi connectivity index (χ1n) is 5.51. The number of rotatable bonds is 3. The van der Waals surface area contributed by atoms with Gasteiger partial charge in [0.25, 0.3) is 0 Å². The predicted octanol–water partition coefficient (Wildman–Crippen LogP) is 3.28. The number of halogens is 3. The summed E-state index contributed by atoms with van der Waals surface area (Å²) in [6, 6.07) is 1.24. The Hall–Kier alpha value is -0.760. The Bertz CT molecular complexity index is 259. The number of hydrogen-bond donors (Lipinski definition) is 0. The molecule has 0 bridgehead atoms. The molecule has 1 aliphatic carbocycles. The van der Waals surface area contributed by atoms with Gasteiger partial charge in [-0.05, 0) is 18.8 Å². The monoisotopic (exact) mass is 235 g/mol. The van der Waals surface area contributed by atoms with Gasteiger partial charge in [0.05, 0.1) is 18.8 Å². The lowest BCUT2D eigenvalue weighted by Crippen LogP contribution is -2.30. The van der Waals surface area contributed by atoms with Crippen LogP contribution in [-0.4, -0.2) is 18.9 Å². The van der Waals surface area contributed by atoms with Crippen LogP contribution < -0.4 is 0 Å². The lowest BCUT2D eigenvalue weighted by Gasteiger charge is -2.27. The summed E-state index contributed by atoms with van der Waals surface area (Å²) in [4.78, 5) is 0. The molecule has 0 aromatic carbocycles. The maximum Gasteiger partial charge on any atom is 0.406 e. The second-order valence-electron chi connectivity index (χ2n) is 4.45. The fraction of sp³-hybridized carbons (Fsp3) is 0.909. The molecule has 0 saturated heterocycles. The van der Waals surface area contributed by atoms with Gasteiger partial charge in [-0.2, -0.15) is 18.4 Å². The number of hydrogen-bond acceptors (Lipinski definition) is 2. The van der Waals surface area contributed by atoms with Gasteiger partial charge in [0.15, 0.2) is 5.92 Å². The Morgan fingerprint density at radius 3 is 2.62 bits per heavy atom. The molecule has 3 unspecified atom stereocenters. The molecule has 0 amide bonds. The summed E-state index contributed by atoms with van der Waals surface area (Å²) < 4.78 is 41.9. The van der Waals surface area contributed by atoms with Gasteiger partial charge in [0.2, 0.25) is 0 Å². The molecular formula is C11H16F3NO. The number of nitrogens with zero attached hydrogens (tertiary/aromatic N) is 1. The summed E-state index contributed by atoms with van der Waals surface area (Å²) in [6.07, 6.45) is -0.872. The van der Waals surface area contributed by atoms with Crippen LogP contribution in [0.5, 0.6) is 0 Å². The van der Waals surface area contributed by atoms with Crippen LogP contribution >= 0.6 is 0 Å². The second kappa shape index (κ2) is 5.53. The Morgan fingerprint density at radius 1 is 1.44 bits per heavy atom. The summed E-state index contributed by atoms with van der Waals surface area (Å²) in [7, 11) is 0. The zero-order chi connectivity index (χ0) is 12.2. The molecule has 92 valence electrons. The van der Waals surface area contributed by atoms with Crippen molar-refractivity contribution in [2.45, 2.75) is 44.9 Å². The van der Waals surface area contributed by atoms with E-state index in [2.05, 4.69) is 6.92 Å². The third-order valence-electron chi connectivity index (χ3n) is 2.94. The maximum absolute atomic E-state index is 12.2. The van der Waals surface area contributed by atoms with Gasteiger partial charge >= 0.3 is 6.18 Å². The normalized spacial score (nSPS) is 28.4. The fourth-order valence-corrected chi connectivity index (χ4v) is 1.97. The topological polar surface area (TPSA) is 33.0 Å². The fourth-order valence-electron chi connectivity index (χ4n) is 1.97. The van der Waals surface area contributed by atoms with Crippen molar-refractivity contribution in [3.05, 3.63) is 0 Å². The van der Waals surface area contributed by atoms with Crippen molar-refractivity contribution < 1.29 is 17.9 Å². The molecule has 1 fully saturated rings. The van der Waals surface area contributed by atoms with Crippen LogP contribution in [0.15, 0.2) is 0 Å². The molecule has 0 heterocycles. The average Bonchev–Trinajstić information content (AvgIpc) is 2.16. The van der Waals surface area contributed by atoms with E-state index < -0.39 is 18.7 Å². The minimum absolute atomic E-state index is 0.109. The van der Waals surface area contributed by atoms with Gasteiger partial charge in [-0.15, -0.1) is 0 Å². The van der Waals surface area contributed by atoms with E-state index in [-0.39, 0.29) is 6.10 Å². The summed E-state index contributed by atoms with van der Waals surface area (Å²) >= 11 is 0. The van der Waals surface area contributed by atoms with Gasteiger partial charge < -0.3 is 4.74 Å². The highest BCUT2D eigenvalue weighted by Crippen LogP contribution is 2.29. The summed E-state index contributed by atoms with van der Waals surface area (Å²) in [5, 5.41) is 8.39. The third-order valence-corrected chi connectivity index (χ3v) is 2.94. The van der Waals surface area contributed by atoms with E-state index in [1.165, 1.54) is 6.07 Å². The van der Waals surface area contributed by atoms with Gasteiger partial charge in [-0.3, -0.25) is 0 Å². The molecule has 0 aromatic heterocycles. The zero-order valence-corrected chi connectivity index (χ0v) is 9.26. The second-order valence-corrected chi connectivity index (χ2v) is 4.45. The first kappa shape index (κ1) is 13.3. The largest absolute Gasteiger partial charge is 0.406 e. The first-order chi connectivity index (χ1) is 7.43. The predicted molar refractivity (Wildman–Crippen MR) is 52.5 cm³/mol. The van der Waals surface area contributed by atoms with Crippen LogP contribution in [-0.2, 0) is 4.74 Å². The minimum atomic E-state index is -4.48. The molecule has 3 atom stereocenters. The molecule has 1 rings (SSSR count). The van der Waals surface area contributed by atoms with Crippen molar-refractivity contribution in [2.24, 2.45) is 11.8 Å². The van der Waals surface area contributed by atoms with E-state index in [1.807, 2.05) is 0 Å². The minimum Gasteiger partial charge on any atom is -0.376 e. The van der Waals surface area contributed by atoms with Gasteiger partial charge in [-0.1, -0.05) is 19.8 Å². The van der Waals surface area contributed by atoms with E-state index in [0.717, 1.165) is 25.7 Å². The van der Waals surface area contributed by atoms with Crippen molar-refractivity contribution >= 4 is 0 Å². The molecule has 1 aliphatic rings. The van der Waals surface area contributed by atoms with Gasteiger partial charge in [0.1, 0.15) is 0 Å². The van der Waals surface area contributed by atoms with E-state index >= 15 is 0 Å². The summed E-state index contributed by atoms with van der Waals surface area (Å²) in [5.74, 6) is -1.49. The van der Waals surface area contributed by atoms with Crippen LogP contribution in [0.3, 0.4) is 0 Å². The molecular weight excluding hydrogens is 219 g/mol. The standard InChI is InChI=1S/C11H16F3NO/c1-8-3-2-4-10(5-8)16-7-9(6-15)11(12,13)14/h8-10H,2-5,7H2,1H3. The highest BCUT2D eigenvalue weighted by atomic mass is 19.4. The van der Waals surface area contributed by atoms with Crippen LogP contribution in [0.1, 0.15) is 32.6 Å². The number of ether oxygens (including phenoxy) is 1. The summed E-state index contributed by atoms with van der Waals surface area (Å²) in [6.45, 7) is 1.54. The zero-order valence-electron chi connectivity index (χ0n) is 9.26. The molecule has 1 saturated carbocycles. The maximum atomic E-state index is 12.2.